The van der Waals surface area contributed by atoms with Crippen molar-refractivity contribution in [3.05, 3.63) is 83.9 Å². The molecule has 4 nitrogen and oxygen atoms in total. The molecule has 5 heteroatoms. The van der Waals surface area contributed by atoms with Gasteiger partial charge in [0, 0.05) is 19.7 Å². The lowest BCUT2D eigenvalue weighted by molar-refractivity contribution is 0.104. The van der Waals surface area contributed by atoms with Crippen LogP contribution >= 0.6 is 0 Å². The number of carbonyl (C=O) groups is 1. The number of benzene rings is 3. The summed E-state index contributed by atoms with van der Waals surface area (Å²) in [4.78, 5) is 12.5. The van der Waals surface area contributed by atoms with Gasteiger partial charge in [0.15, 0.2) is 5.78 Å². The van der Waals surface area contributed by atoms with Crippen molar-refractivity contribution in [3.63, 3.8) is 0 Å². The minimum Gasteiger partial charge on any atom is -0.289 e. The molecule has 0 fully saturated rings. The van der Waals surface area contributed by atoms with Crippen LogP contribution in [0.4, 0.5) is 0 Å². The van der Waals surface area contributed by atoms with Crippen LogP contribution in [-0.2, 0) is 10.0 Å². The molecule has 0 aromatic heterocycles. The summed E-state index contributed by atoms with van der Waals surface area (Å²) < 4.78 is 25.3. The number of hydrogen-bond acceptors (Lipinski definition) is 3. The highest BCUT2D eigenvalue weighted by Gasteiger charge is 2.17. The first-order valence-corrected chi connectivity index (χ1v) is 9.56. The van der Waals surface area contributed by atoms with Crippen molar-refractivity contribution in [1.82, 2.24) is 4.31 Å². The SMILES string of the molecule is CN(C)S(=O)(=O)c1ccc(C(=O)C=Cc2ccc3ccccc3c2)cc1. The molecule has 132 valence electrons. The van der Waals surface area contributed by atoms with E-state index >= 15 is 0 Å². The lowest BCUT2D eigenvalue weighted by Gasteiger charge is -2.11. The Balaban J connectivity index is 1.79. The first kappa shape index (κ1) is 18.0. The third kappa shape index (κ3) is 3.74. The topological polar surface area (TPSA) is 54.5 Å². The fourth-order valence-corrected chi connectivity index (χ4v) is 3.48. The summed E-state index contributed by atoms with van der Waals surface area (Å²) in [5.74, 6) is -0.174. The molecule has 0 aliphatic rings. The van der Waals surface area contributed by atoms with E-state index in [0.29, 0.717) is 5.56 Å². The van der Waals surface area contributed by atoms with Gasteiger partial charge in [-0.1, -0.05) is 42.5 Å². The summed E-state index contributed by atoms with van der Waals surface area (Å²) in [6, 6.07) is 20.0. The van der Waals surface area contributed by atoms with E-state index in [0.717, 1.165) is 20.6 Å². The standard InChI is InChI=1S/C21H19NO3S/c1-22(2)26(24,25)20-12-10-18(11-13-20)21(23)14-8-16-7-9-17-5-3-4-6-19(17)15-16/h3-15H,1-2H3. The molecule has 0 radical (unpaired) electrons. The number of ketones is 1. The Labute approximate surface area is 153 Å². The third-order valence-electron chi connectivity index (χ3n) is 4.12. The largest absolute Gasteiger partial charge is 0.289 e. The molecule has 0 amide bonds. The molecule has 0 aliphatic heterocycles. The number of nitrogens with zero attached hydrogens (tertiary/aromatic N) is 1. The van der Waals surface area contributed by atoms with Crippen molar-refractivity contribution in [3.8, 4) is 0 Å². The zero-order valence-electron chi connectivity index (χ0n) is 14.6. The van der Waals surface area contributed by atoms with Crippen LogP contribution in [0.3, 0.4) is 0 Å². The number of hydrogen-bond donors (Lipinski definition) is 0. The quantitative estimate of drug-likeness (QED) is 0.507. The first-order valence-electron chi connectivity index (χ1n) is 8.12. The van der Waals surface area contributed by atoms with Gasteiger partial charge in [-0.25, -0.2) is 12.7 Å². The zero-order chi connectivity index (χ0) is 18.7. The summed E-state index contributed by atoms with van der Waals surface area (Å²) in [5, 5.41) is 2.26. The van der Waals surface area contributed by atoms with Crippen LogP contribution in [0.1, 0.15) is 15.9 Å². The van der Waals surface area contributed by atoms with E-state index in [2.05, 4.69) is 0 Å². The molecule has 0 unspecified atom stereocenters. The fourth-order valence-electron chi connectivity index (χ4n) is 2.58. The average molecular weight is 365 g/mol. The van der Waals surface area contributed by atoms with Gasteiger partial charge >= 0.3 is 0 Å². The Morgan fingerprint density at radius 1 is 0.885 bits per heavy atom. The molecular formula is C21H19NO3S. The van der Waals surface area contributed by atoms with E-state index in [4.69, 9.17) is 0 Å². The lowest BCUT2D eigenvalue weighted by Crippen LogP contribution is -2.22. The predicted octanol–water partition coefficient (Wildman–Crippen LogP) is 3.99. The number of fused-ring (bicyclic) bond motifs is 1. The van der Waals surface area contributed by atoms with Gasteiger partial charge in [0.1, 0.15) is 0 Å². The minimum atomic E-state index is -3.49. The molecule has 0 bridgehead atoms. The number of rotatable bonds is 5. The molecule has 0 spiro atoms. The van der Waals surface area contributed by atoms with Crippen molar-refractivity contribution < 1.29 is 13.2 Å². The molecule has 3 aromatic carbocycles. The maximum Gasteiger partial charge on any atom is 0.242 e. The van der Waals surface area contributed by atoms with Gasteiger partial charge in [-0.05, 0) is 52.7 Å². The van der Waals surface area contributed by atoms with Crippen LogP contribution in [-0.4, -0.2) is 32.6 Å². The van der Waals surface area contributed by atoms with Crippen LogP contribution in [0.5, 0.6) is 0 Å². The predicted molar refractivity (Wildman–Crippen MR) is 105 cm³/mol. The highest BCUT2D eigenvalue weighted by Crippen LogP contribution is 2.18. The van der Waals surface area contributed by atoms with Gasteiger partial charge in [0.2, 0.25) is 10.0 Å². The maximum absolute atomic E-state index is 12.3. The van der Waals surface area contributed by atoms with Crippen LogP contribution in [0.2, 0.25) is 0 Å². The molecule has 0 aliphatic carbocycles. The second-order valence-electron chi connectivity index (χ2n) is 6.12. The second-order valence-corrected chi connectivity index (χ2v) is 8.27. The average Bonchev–Trinajstić information content (AvgIpc) is 2.66. The smallest absolute Gasteiger partial charge is 0.242 e. The summed E-state index contributed by atoms with van der Waals surface area (Å²) in [6.45, 7) is 0. The highest BCUT2D eigenvalue weighted by atomic mass is 32.2. The van der Waals surface area contributed by atoms with Crippen molar-refractivity contribution >= 4 is 32.7 Å². The third-order valence-corrected chi connectivity index (χ3v) is 5.95. The Kier molecular flexibility index (Phi) is 5.02. The monoisotopic (exact) mass is 365 g/mol. The molecule has 0 heterocycles. The van der Waals surface area contributed by atoms with Crippen LogP contribution in [0.15, 0.2) is 77.7 Å². The molecule has 0 saturated heterocycles. The summed E-state index contributed by atoms with van der Waals surface area (Å²) in [7, 11) is -0.546. The summed E-state index contributed by atoms with van der Waals surface area (Å²) in [6.07, 6.45) is 3.26. The van der Waals surface area contributed by atoms with Crippen LogP contribution in [0, 0.1) is 0 Å². The van der Waals surface area contributed by atoms with E-state index < -0.39 is 10.0 Å². The summed E-state index contributed by atoms with van der Waals surface area (Å²) >= 11 is 0. The zero-order valence-corrected chi connectivity index (χ0v) is 15.4. The molecule has 0 saturated carbocycles. The molecular weight excluding hydrogens is 346 g/mol. The Hall–Kier alpha value is -2.76. The van der Waals surface area contributed by atoms with Crippen LogP contribution in [0.25, 0.3) is 16.8 Å². The Bertz CT molecular complexity index is 1080. The van der Waals surface area contributed by atoms with E-state index in [-0.39, 0.29) is 10.7 Å². The van der Waals surface area contributed by atoms with Gasteiger partial charge in [-0.15, -0.1) is 0 Å². The van der Waals surface area contributed by atoms with E-state index in [9.17, 15) is 13.2 Å². The van der Waals surface area contributed by atoms with Crippen molar-refractivity contribution in [2.45, 2.75) is 4.90 Å². The number of carbonyl (C=O) groups excluding carboxylic acids is 1. The highest BCUT2D eigenvalue weighted by molar-refractivity contribution is 7.89. The Morgan fingerprint density at radius 3 is 2.19 bits per heavy atom. The second kappa shape index (κ2) is 7.23. The van der Waals surface area contributed by atoms with Crippen LogP contribution < -0.4 is 0 Å². The molecule has 0 N–H and O–H groups in total. The summed E-state index contributed by atoms with van der Waals surface area (Å²) in [5.41, 5.74) is 1.38. The van der Waals surface area contributed by atoms with Gasteiger partial charge in [-0.2, -0.15) is 0 Å². The van der Waals surface area contributed by atoms with E-state index in [1.807, 2.05) is 42.5 Å². The first-order chi connectivity index (χ1) is 12.4. The maximum atomic E-state index is 12.3. The minimum absolute atomic E-state index is 0.164. The lowest BCUT2D eigenvalue weighted by atomic mass is 10.1. The van der Waals surface area contributed by atoms with Gasteiger partial charge in [-0.3, -0.25) is 4.79 Å². The van der Waals surface area contributed by atoms with Crippen molar-refractivity contribution in [1.29, 1.82) is 0 Å². The molecule has 3 rings (SSSR count). The molecule has 0 atom stereocenters. The molecule has 26 heavy (non-hydrogen) atoms. The molecule has 3 aromatic rings. The number of allylic oxidation sites excluding steroid dienone is 1. The van der Waals surface area contributed by atoms with Gasteiger partial charge < -0.3 is 0 Å². The van der Waals surface area contributed by atoms with E-state index in [1.54, 1.807) is 6.08 Å². The Morgan fingerprint density at radius 2 is 1.54 bits per heavy atom. The van der Waals surface area contributed by atoms with Gasteiger partial charge in [0.25, 0.3) is 0 Å². The van der Waals surface area contributed by atoms with E-state index in [1.165, 1.54) is 44.4 Å². The number of sulfonamides is 1. The van der Waals surface area contributed by atoms with Crippen molar-refractivity contribution in [2.75, 3.05) is 14.1 Å². The van der Waals surface area contributed by atoms with Crippen molar-refractivity contribution in [2.24, 2.45) is 0 Å². The van der Waals surface area contributed by atoms with Gasteiger partial charge in [0.05, 0.1) is 4.90 Å². The normalized spacial score (nSPS) is 12.1. The fraction of sp³-hybridized carbons (Fsp3) is 0.0952.